The van der Waals surface area contributed by atoms with E-state index in [1.165, 1.54) is 6.92 Å². The van der Waals surface area contributed by atoms with Gasteiger partial charge >= 0.3 is 5.97 Å². The molecule has 12 nitrogen and oxygen atoms in total. The molecule has 0 radical (unpaired) electrons. The molecule has 25 heavy (non-hydrogen) atoms. The van der Waals surface area contributed by atoms with Gasteiger partial charge in [0.05, 0.1) is 31.9 Å². The lowest BCUT2D eigenvalue weighted by atomic mass is 9.88. The molecule has 0 aromatic heterocycles. The summed E-state index contributed by atoms with van der Waals surface area (Å²) in [4.78, 5) is 25.9. The van der Waals surface area contributed by atoms with Gasteiger partial charge in [0.1, 0.15) is 12.2 Å². The van der Waals surface area contributed by atoms with E-state index in [-0.39, 0.29) is 6.42 Å². The van der Waals surface area contributed by atoms with Crippen LogP contribution in [0.15, 0.2) is 5.11 Å². The van der Waals surface area contributed by atoms with Gasteiger partial charge in [0.25, 0.3) is 5.79 Å². The van der Waals surface area contributed by atoms with Gasteiger partial charge in [0, 0.05) is 25.4 Å². The van der Waals surface area contributed by atoms with Gasteiger partial charge in [-0.1, -0.05) is 5.11 Å². The molecule has 1 amide bonds. The van der Waals surface area contributed by atoms with Crippen LogP contribution in [0.4, 0.5) is 0 Å². The zero-order chi connectivity index (χ0) is 19.2. The van der Waals surface area contributed by atoms with Gasteiger partial charge in [-0.15, -0.1) is 0 Å². The number of hydrogen-bond donors (Lipinski definition) is 4. The second-order valence-corrected chi connectivity index (χ2v) is 5.50. The Hall–Kier alpha value is -1.95. The summed E-state index contributed by atoms with van der Waals surface area (Å²) in [7, 11) is 2.23. The predicted octanol–water partition coefficient (Wildman–Crippen LogP) is -1.81. The number of esters is 1. The van der Waals surface area contributed by atoms with Crippen LogP contribution in [0.2, 0.25) is 0 Å². The summed E-state index contributed by atoms with van der Waals surface area (Å²) >= 11 is 0. The zero-order valence-corrected chi connectivity index (χ0v) is 14.0. The lowest BCUT2D eigenvalue weighted by Gasteiger charge is -2.46. The molecule has 142 valence electrons. The van der Waals surface area contributed by atoms with Gasteiger partial charge in [-0.2, -0.15) is 0 Å². The first-order chi connectivity index (χ1) is 11.7. The largest absolute Gasteiger partial charge is 0.465 e. The number of carbonyl (C=O) groups is 2. The van der Waals surface area contributed by atoms with Crippen LogP contribution in [0.5, 0.6) is 0 Å². The Morgan fingerprint density at radius 2 is 2.12 bits per heavy atom. The van der Waals surface area contributed by atoms with E-state index in [0.717, 1.165) is 14.2 Å². The van der Waals surface area contributed by atoms with Crippen LogP contribution in [0, 0.1) is 0 Å². The predicted molar refractivity (Wildman–Crippen MR) is 80.9 cm³/mol. The van der Waals surface area contributed by atoms with Crippen molar-refractivity contribution in [2.75, 3.05) is 20.8 Å². The van der Waals surface area contributed by atoms with Crippen molar-refractivity contribution in [3.05, 3.63) is 10.4 Å². The van der Waals surface area contributed by atoms with Crippen LogP contribution in [0.25, 0.3) is 10.4 Å². The number of nitrogens with one attached hydrogen (secondary N) is 1. The van der Waals surface area contributed by atoms with Crippen LogP contribution in [-0.4, -0.2) is 84.2 Å². The number of azide groups is 1. The van der Waals surface area contributed by atoms with Crippen LogP contribution in [0.1, 0.15) is 13.3 Å². The van der Waals surface area contributed by atoms with Gasteiger partial charge in [-0.25, -0.2) is 4.79 Å². The van der Waals surface area contributed by atoms with Crippen molar-refractivity contribution in [3.8, 4) is 0 Å². The highest BCUT2D eigenvalue weighted by atomic mass is 16.7. The van der Waals surface area contributed by atoms with Crippen molar-refractivity contribution < 1.29 is 39.1 Å². The SMILES string of the molecule is COC(=O)[C@@]1(OC)C[C@@H](O)[C@@H](NC(C)=O)C([C@H](O)[C@H](O)CN=[N+]=[N-])O1. The van der Waals surface area contributed by atoms with E-state index >= 15 is 0 Å². The Kier molecular flexibility index (Phi) is 7.55. The van der Waals surface area contributed by atoms with E-state index in [1.807, 2.05) is 0 Å². The quantitative estimate of drug-likeness (QED) is 0.177. The van der Waals surface area contributed by atoms with Gasteiger partial charge in [-0.3, -0.25) is 4.79 Å². The molecule has 0 saturated carbocycles. The molecule has 1 aliphatic heterocycles. The fourth-order valence-corrected chi connectivity index (χ4v) is 2.61. The summed E-state index contributed by atoms with van der Waals surface area (Å²) in [6.07, 6.45) is -6.47. The van der Waals surface area contributed by atoms with Crippen LogP contribution >= 0.6 is 0 Å². The standard InChI is InChI=1S/C13H22N4O8/c1-6(18)16-9-7(19)4-13(24-3,12(22)23-2)25-11(9)10(21)8(20)5-15-17-14/h7-11,19-21H,4-5H2,1-3H3,(H,16,18)/t7-,8-,9-,10-,11?,13-/m1/s1. The second-order valence-electron chi connectivity index (χ2n) is 5.50. The molecule has 0 aromatic rings. The van der Waals surface area contributed by atoms with Crippen LogP contribution in [-0.2, 0) is 23.8 Å². The Labute approximate surface area is 143 Å². The van der Waals surface area contributed by atoms with Crippen molar-refractivity contribution in [2.24, 2.45) is 5.11 Å². The normalized spacial score (nSPS) is 31.4. The van der Waals surface area contributed by atoms with E-state index < -0.39 is 54.7 Å². The summed E-state index contributed by atoms with van der Waals surface area (Å²) in [5.41, 5.74) is 8.30. The molecule has 0 spiro atoms. The highest BCUT2D eigenvalue weighted by molar-refractivity contribution is 5.78. The maximum Gasteiger partial charge on any atom is 0.366 e. The van der Waals surface area contributed by atoms with Crippen molar-refractivity contribution in [1.29, 1.82) is 0 Å². The fraction of sp³-hybridized carbons (Fsp3) is 0.846. The van der Waals surface area contributed by atoms with Crippen LogP contribution < -0.4 is 5.32 Å². The molecular weight excluding hydrogens is 340 g/mol. The molecule has 0 aromatic carbocycles. The van der Waals surface area contributed by atoms with Crippen molar-refractivity contribution in [2.45, 2.75) is 49.6 Å². The first-order valence-corrected chi connectivity index (χ1v) is 7.36. The Morgan fingerprint density at radius 3 is 2.60 bits per heavy atom. The molecule has 1 rings (SSSR count). The number of nitrogens with zero attached hydrogens (tertiary/aromatic N) is 3. The lowest BCUT2D eigenvalue weighted by molar-refractivity contribution is -0.304. The smallest absolute Gasteiger partial charge is 0.366 e. The summed E-state index contributed by atoms with van der Waals surface area (Å²) in [5.74, 6) is -3.53. The minimum Gasteiger partial charge on any atom is -0.465 e. The highest BCUT2D eigenvalue weighted by Gasteiger charge is 2.55. The number of aliphatic hydroxyl groups is 3. The number of rotatable bonds is 7. The number of hydrogen-bond acceptors (Lipinski definition) is 9. The molecule has 4 N–H and O–H groups in total. The van der Waals surface area contributed by atoms with E-state index in [0.29, 0.717) is 0 Å². The van der Waals surface area contributed by atoms with Crippen molar-refractivity contribution in [3.63, 3.8) is 0 Å². The number of methoxy groups -OCH3 is 2. The van der Waals surface area contributed by atoms with Gasteiger partial charge in [0.2, 0.25) is 5.91 Å². The van der Waals surface area contributed by atoms with Crippen LogP contribution in [0.3, 0.4) is 0 Å². The maximum atomic E-state index is 12.0. The topological polar surface area (TPSA) is 183 Å². The molecule has 6 atom stereocenters. The molecule has 0 bridgehead atoms. The number of aliphatic hydroxyl groups excluding tert-OH is 3. The van der Waals surface area contributed by atoms with Crippen molar-refractivity contribution in [1.82, 2.24) is 5.32 Å². The summed E-state index contributed by atoms with van der Waals surface area (Å²) in [6, 6.07) is -1.15. The molecule has 1 aliphatic rings. The molecular formula is C13H22N4O8. The lowest BCUT2D eigenvalue weighted by Crippen LogP contribution is -2.67. The van der Waals surface area contributed by atoms with Gasteiger partial charge in [-0.05, 0) is 5.53 Å². The highest BCUT2D eigenvalue weighted by Crippen LogP contribution is 2.33. The summed E-state index contributed by atoms with van der Waals surface area (Å²) in [6.45, 7) is 0.698. The van der Waals surface area contributed by atoms with Crippen molar-refractivity contribution >= 4 is 11.9 Å². The monoisotopic (exact) mass is 362 g/mol. The average molecular weight is 362 g/mol. The Balaban J connectivity index is 3.18. The third-order valence-corrected chi connectivity index (χ3v) is 3.83. The maximum absolute atomic E-state index is 12.0. The zero-order valence-electron chi connectivity index (χ0n) is 14.0. The molecule has 0 aliphatic carbocycles. The summed E-state index contributed by atoms with van der Waals surface area (Å²) in [5, 5.41) is 36.1. The Morgan fingerprint density at radius 1 is 1.48 bits per heavy atom. The van der Waals surface area contributed by atoms with E-state index in [1.54, 1.807) is 0 Å². The third kappa shape index (κ3) is 4.78. The molecule has 1 fully saturated rings. The fourth-order valence-electron chi connectivity index (χ4n) is 2.61. The molecule has 1 saturated heterocycles. The molecule has 1 heterocycles. The Bertz CT molecular complexity index is 540. The summed E-state index contributed by atoms with van der Waals surface area (Å²) < 4.78 is 15.2. The minimum atomic E-state index is -2.03. The first kappa shape index (κ1) is 21.1. The first-order valence-electron chi connectivity index (χ1n) is 7.36. The number of ether oxygens (including phenoxy) is 3. The minimum absolute atomic E-state index is 0.378. The number of amides is 1. The van der Waals surface area contributed by atoms with E-state index in [4.69, 9.17) is 15.0 Å². The van der Waals surface area contributed by atoms with E-state index in [2.05, 4.69) is 20.1 Å². The molecule has 12 heteroatoms. The third-order valence-electron chi connectivity index (χ3n) is 3.83. The molecule has 1 unspecified atom stereocenters. The average Bonchev–Trinajstić information content (AvgIpc) is 2.59. The second kappa shape index (κ2) is 8.94. The van der Waals surface area contributed by atoms with E-state index in [9.17, 15) is 24.9 Å². The van der Waals surface area contributed by atoms with Gasteiger partial charge < -0.3 is 34.8 Å². The number of carbonyl (C=O) groups excluding carboxylic acids is 2. The van der Waals surface area contributed by atoms with Gasteiger partial charge in [0.15, 0.2) is 0 Å².